The molecule has 2 aromatic carbocycles. The van der Waals surface area contributed by atoms with Crippen molar-refractivity contribution < 1.29 is 41.4 Å². The lowest BCUT2D eigenvalue weighted by Gasteiger charge is -2.22. The highest BCUT2D eigenvalue weighted by molar-refractivity contribution is 7.92. The van der Waals surface area contributed by atoms with Crippen molar-refractivity contribution >= 4 is 33.3 Å². The normalized spacial score (nSPS) is 11.4. The Balaban J connectivity index is 0.000000708. The Bertz CT molecular complexity index is 1490. The molecule has 1 aromatic heterocycles. The minimum Gasteiger partial charge on any atom is -0.478 e. The van der Waals surface area contributed by atoms with Crippen molar-refractivity contribution in [2.45, 2.75) is 58.3 Å². The van der Waals surface area contributed by atoms with Crippen LogP contribution in [0, 0.1) is 20.8 Å². The van der Waals surface area contributed by atoms with Crippen LogP contribution in [0.1, 0.15) is 46.2 Å². The van der Waals surface area contributed by atoms with Crippen molar-refractivity contribution in [2.24, 2.45) is 0 Å². The second-order valence-electron chi connectivity index (χ2n) is 9.07. The van der Waals surface area contributed by atoms with Crippen LogP contribution in [-0.4, -0.2) is 53.6 Å². The van der Waals surface area contributed by atoms with E-state index in [4.69, 9.17) is 9.90 Å². The number of anilines is 2. The van der Waals surface area contributed by atoms with Gasteiger partial charge in [-0.3, -0.25) is 9.40 Å². The molecule has 0 aliphatic carbocycles. The van der Waals surface area contributed by atoms with Crippen molar-refractivity contribution in [2.75, 3.05) is 16.7 Å². The molecule has 0 aliphatic heterocycles. The van der Waals surface area contributed by atoms with Crippen molar-refractivity contribution in [3.8, 4) is 0 Å². The molecule has 218 valence electrons. The summed E-state index contributed by atoms with van der Waals surface area (Å²) in [4.78, 5) is 22.9. The maximum Gasteiger partial charge on any atom is 0.490 e. The number of aliphatic carboxylic acids is 1. The second-order valence-corrected chi connectivity index (χ2v) is 10.7. The van der Waals surface area contributed by atoms with E-state index in [1.807, 2.05) is 35.6 Å². The number of benzene rings is 2. The van der Waals surface area contributed by atoms with Crippen LogP contribution in [0.2, 0.25) is 0 Å². The fraction of sp³-hybridized carbons (Fsp3) is 0.346. The topological polar surface area (TPSA) is 142 Å². The number of carboxylic acid groups (broad SMARTS) is 2. The lowest BCUT2D eigenvalue weighted by atomic mass is 10.1. The van der Waals surface area contributed by atoms with Crippen LogP contribution in [0.3, 0.4) is 0 Å². The van der Waals surface area contributed by atoms with Gasteiger partial charge in [0.15, 0.2) is 0 Å². The van der Waals surface area contributed by atoms with E-state index in [0.717, 1.165) is 29.9 Å². The van der Waals surface area contributed by atoms with Crippen LogP contribution in [0.25, 0.3) is 0 Å². The van der Waals surface area contributed by atoms with E-state index in [1.54, 1.807) is 38.2 Å². The monoisotopic (exact) mass is 584 g/mol. The number of carbonyl (C=O) groups is 2. The number of nitrogens with one attached hydrogen (secondary N) is 1. The summed E-state index contributed by atoms with van der Waals surface area (Å²) < 4.78 is 62.1. The summed E-state index contributed by atoms with van der Waals surface area (Å²) >= 11 is 0. The van der Waals surface area contributed by atoms with E-state index in [0.29, 0.717) is 17.8 Å². The Morgan fingerprint density at radius 2 is 1.68 bits per heavy atom. The summed E-state index contributed by atoms with van der Waals surface area (Å²) in [5.41, 5.74) is 4.01. The highest BCUT2D eigenvalue weighted by Gasteiger charge is 2.38. The van der Waals surface area contributed by atoms with Crippen LogP contribution < -0.4 is 9.62 Å². The van der Waals surface area contributed by atoms with E-state index in [2.05, 4.69) is 16.7 Å². The van der Waals surface area contributed by atoms with E-state index in [1.165, 1.54) is 6.07 Å². The predicted octanol–water partition coefficient (Wildman–Crippen LogP) is 4.99. The molecule has 0 saturated carbocycles. The average Bonchev–Trinajstić information content (AvgIpc) is 3.18. The zero-order valence-corrected chi connectivity index (χ0v) is 23.4. The SMILES string of the molecule is CCCn1nc(C)cc1CN(C)c1ccc(NS(=O)(=O)c2cc(C)ccc2C)cc1C(=O)O.O=C(O)C(F)(F)F. The first-order chi connectivity index (χ1) is 18.5. The second kappa shape index (κ2) is 12.9. The summed E-state index contributed by atoms with van der Waals surface area (Å²) in [5.74, 6) is -3.89. The molecule has 1 heterocycles. The molecule has 0 saturated heterocycles. The number of sulfonamides is 1. The van der Waals surface area contributed by atoms with Gasteiger partial charge in [-0.15, -0.1) is 0 Å². The van der Waals surface area contributed by atoms with E-state index in [9.17, 15) is 31.5 Å². The fourth-order valence-electron chi connectivity index (χ4n) is 3.77. The number of carboxylic acids is 2. The van der Waals surface area contributed by atoms with E-state index >= 15 is 0 Å². The molecule has 40 heavy (non-hydrogen) atoms. The zero-order chi connectivity index (χ0) is 30.4. The van der Waals surface area contributed by atoms with E-state index < -0.39 is 28.1 Å². The van der Waals surface area contributed by atoms with Gasteiger partial charge in [-0.2, -0.15) is 18.3 Å². The number of aromatic nitrogens is 2. The largest absolute Gasteiger partial charge is 0.490 e. The molecule has 0 radical (unpaired) electrons. The van der Waals surface area contributed by atoms with Crippen molar-refractivity contribution in [3.05, 3.63) is 70.5 Å². The Kier molecular flexibility index (Phi) is 10.3. The summed E-state index contributed by atoms with van der Waals surface area (Å²) in [6.07, 6.45) is -4.15. The van der Waals surface area contributed by atoms with Crippen LogP contribution in [0.15, 0.2) is 47.4 Å². The molecule has 0 aliphatic rings. The Hall–Kier alpha value is -4.07. The molecule has 3 aromatic rings. The molecule has 0 spiro atoms. The standard InChI is InChI=1S/C24H30N4O4S.C2HF3O2/c1-6-11-28-20(13-18(4)25-28)15-27(5)22-10-9-19(14-21(22)24(29)30)26-33(31,32)23-12-16(2)7-8-17(23)3;3-2(4,5)1(6)7/h7-10,12-14,26H,6,11,15H2,1-5H3,(H,29,30);(H,6,7). The van der Waals surface area contributed by atoms with Gasteiger partial charge in [0.05, 0.1) is 34.1 Å². The lowest BCUT2D eigenvalue weighted by molar-refractivity contribution is -0.192. The average molecular weight is 585 g/mol. The number of alkyl halides is 3. The number of hydrogen-bond acceptors (Lipinski definition) is 6. The molecule has 3 rings (SSSR count). The van der Waals surface area contributed by atoms with Crippen LogP contribution in [0.4, 0.5) is 24.5 Å². The first-order valence-corrected chi connectivity index (χ1v) is 13.5. The summed E-state index contributed by atoms with van der Waals surface area (Å²) in [7, 11) is -2.06. The Morgan fingerprint density at radius 3 is 2.23 bits per heavy atom. The Labute approximate surface area is 230 Å². The molecule has 0 fully saturated rings. The quantitative estimate of drug-likeness (QED) is 0.320. The lowest BCUT2D eigenvalue weighted by Crippen LogP contribution is -2.22. The third-order valence-corrected chi connectivity index (χ3v) is 7.11. The van der Waals surface area contributed by atoms with Crippen molar-refractivity contribution in [1.29, 1.82) is 0 Å². The van der Waals surface area contributed by atoms with Gasteiger partial charge in [0, 0.05) is 19.3 Å². The van der Waals surface area contributed by atoms with Gasteiger partial charge in [0.2, 0.25) is 0 Å². The van der Waals surface area contributed by atoms with Gasteiger partial charge >= 0.3 is 18.1 Å². The number of rotatable bonds is 9. The minimum atomic E-state index is -5.08. The summed E-state index contributed by atoms with van der Waals surface area (Å²) in [5, 5.41) is 21.4. The van der Waals surface area contributed by atoms with Gasteiger partial charge in [0.1, 0.15) is 0 Å². The minimum absolute atomic E-state index is 0.0111. The number of aromatic carboxylic acids is 1. The highest BCUT2D eigenvalue weighted by Crippen LogP contribution is 2.27. The molecular formula is C26H31F3N4O6S. The maximum absolute atomic E-state index is 12.9. The number of aryl methyl sites for hydroxylation is 4. The van der Waals surface area contributed by atoms with Crippen LogP contribution >= 0.6 is 0 Å². The third kappa shape index (κ3) is 8.46. The molecule has 0 atom stereocenters. The number of hydrogen-bond donors (Lipinski definition) is 3. The summed E-state index contributed by atoms with van der Waals surface area (Å²) in [6.45, 7) is 8.79. The maximum atomic E-state index is 12.9. The molecule has 0 bridgehead atoms. The summed E-state index contributed by atoms with van der Waals surface area (Å²) in [6, 6.07) is 11.7. The van der Waals surface area contributed by atoms with Crippen molar-refractivity contribution in [3.63, 3.8) is 0 Å². The number of nitrogens with zero attached hydrogens (tertiary/aromatic N) is 3. The molecule has 10 nitrogen and oxygen atoms in total. The van der Waals surface area contributed by atoms with Gasteiger partial charge in [-0.1, -0.05) is 19.1 Å². The molecular weight excluding hydrogens is 553 g/mol. The fourth-order valence-corrected chi connectivity index (χ4v) is 5.15. The molecule has 3 N–H and O–H groups in total. The number of halogens is 3. The van der Waals surface area contributed by atoms with Gasteiger partial charge < -0.3 is 15.1 Å². The van der Waals surface area contributed by atoms with E-state index in [-0.39, 0.29) is 16.1 Å². The first-order valence-electron chi connectivity index (χ1n) is 12.0. The Morgan fingerprint density at radius 1 is 1.05 bits per heavy atom. The van der Waals surface area contributed by atoms with Gasteiger partial charge in [0.25, 0.3) is 10.0 Å². The molecule has 0 unspecified atom stereocenters. The zero-order valence-electron chi connectivity index (χ0n) is 22.6. The van der Waals surface area contributed by atoms with Crippen LogP contribution in [-0.2, 0) is 27.9 Å². The van der Waals surface area contributed by atoms with Crippen LogP contribution in [0.5, 0.6) is 0 Å². The smallest absolute Gasteiger partial charge is 0.478 e. The third-order valence-electron chi connectivity index (χ3n) is 5.59. The highest BCUT2D eigenvalue weighted by atomic mass is 32.2. The first kappa shape index (κ1) is 32.1. The molecule has 14 heteroatoms. The van der Waals surface area contributed by atoms with Gasteiger partial charge in [-0.05, 0) is 68.7 Å². The molecule has 0 amide bonds. The van der Waals surface area contributed by atoms with Crippen molar-refractivity contribution in [1.82, 2.24) is 9.78 Å². The predicted molar refractivity (Wildman–Crippen MR) is 143 cm³/mol. The van der Waals surface area contributed by atoms with Gasteiger partial charge in [-0.25, -0.2) is 18.0 Å².